The van der Waals surface area contributed by atoms with Crippen LogP contribution in [0, 0.1) is 3.57 Å². The maximum atomic E-state index is 10.4. The van der Waals surface area contributed by atoms with Crippen molar-refractivity contribution in [3.8, 4) is 5.75 Å². The van der Waals surface area contributed by atoms with Crippen LogP contribution in [0.2, 0.25) is 0 Å². The summed E-state index contributed by atoms with van der Waals surface area (Å²) in [7, 11) is 0. The topological polar surface area (TPSA) is 46.5 Å². The summed E-state index contributed by atoms with van der Waals surface area (Å²) in [5, 5.41) is 8.57. The van der Waals surface area contributed by atoms with Crippen molar-refractivity contribution in [3.63, 3.8) is 0 Å². The molecule has 5 heteroatoms. The highest BCUT2D eigenvalue weighted by Crippen LogP contribution is 2.22. The van der Waals surface area contributed by atoms with Crippen LogP contribution in [0.5, 0.6) is 5.75 Å². The largest absolute Gasteiger partial charge is 0.491 e. The normalized spacial score (nSPS) is 10.1. The Balaban J connectivity index is 2.63. The van der Waals surface area contributed by atoms with Crippen molar-refractivity contribution < 1.29 is 14.6 Å². The molecule has 16 heavy (non-hydrogen) atoms. The van der Waals surface area contributed by atoms with Gasteiger partial charge in [0.1, 0.15) is 12.4 Å². The fourth-order valence-corrected chi connectivity index (χ4v) is 2.03. The van der Waals surface area contributed by atoms with E-state index in [0.29, 0.717) is 18.9 Å². The van der Waals surface area contributed by atoms with Crippen molar-refractivity contribution in [3.05, 3.63) is 27.3 Å². The van der Waals surface area contributed by atoms with Gasteiger partial charge in [-0.1, -0.05) is 6.07 Å². The van der Waals surface area contributed by atoms with E-state index in [1.54, 1.807) is 0 Å². The zero-order chi connectivity index (χ0) is 12.0. The maximum absolute atomic E-state index is 10.4. The van der Waals surface area contributed by atoms with Crippen LogP contribution in [0.25, 0.3) is 0 Å². The van der Waals surface area contributed by atoms with Gasteiger partial charge in [0, 0.05) is 6.42 Å². The van der Waals surface area contributed by atoms with E-state index in [2.05, 4.69) is 22.6 Å². The molecule has 1 rings (SSSR count). The summed E-state index contributed by atoms with van der Waals surface area (Å²) < 4.78 is 6.39. The zero-order valence-corrected chi connectivity index (χ0v) is 11.5. The third-order valence-corrected chi connectivity index (χ3v) is 2.96. The van der Waals surface area contributed by atoms with Crippen molar-refractivity contribution in [1.29, 1.82) is 0 Å². The molecule has 1 aromatic rings. The van der Waals surface area contributed by atoms with Gasteiger partial charge in [-0.25, -0.2) is 0 Å². The highest BCUT2D eigenvalue weighted by Gasteiger charge is 2.04. The molecule has 0 aromatic heterocycles. The van der Waals surface area contributed by atoms with Crippen molar-refractivity contribution >= 4 is 40.2 Å². The molecule has 0 aliphatic heterocycles. The molecule has 0 unspecified atom stereocenters. The summed E-state index contributed by atoms with van der Waals surface area (Å²) >= 11 is 7.69. The van der Waals surface area contributed by atoms with Gasteiger partial charge in [-0.05, 0) is 46.7 Å². The molecule has 88 valence electrons. The molecule has 0 aliphatic rings. The predicted octanol–water partition coefficient (Wildman–Crippen LogP) is 2.93. The van der Waals surface area contributed by atoms with Gasteiger partial charge in [0.05, 0.1) is 9.45 Å². The Morgan fingerprint density at radius 1 is 1.50 bits per heavy atom. The Labute approximate surface area is 113 Å². The summed E-state index contributed by atoms with van der Waals surface area (Å²) in [6.45, 7) is 0.478. The van der Waals surface area contributed by atoms with Crippen LogP contribution < -0.4 is 4.74 Å². The number of carbonyl (C=O) groups is 1. The highest BCUT2D eigenvalue weighted by molar-refractivity contribution is 14.1. The van der Waals surface area contributed by atoms with E-state index >= 15 is 0 Å². The molecule has 0 heterocycles. The Morgan fingerprint density at radius 2 is 2.25 bits per heavy atom. The zero-order valence-electron chi connectivity index (χ0n) is 8.58. The standard InChI is InChI=1S/C11H12ClIO3/c12-5-6-16-10-3-1-8(7-9(10)13)2-4-11(14)15/h1,3,7H,2,4-6H2,(H,14,15). The number of hydrogen-bond acceptors (Lipinski definition) is 2. The Morgan fingerprint density at radius 3 is 2.81 bits per heavy atom. The van der Waals surface area contributed by atoms with E-state index in [9.17, 15) is 4.79 Å². The van der Waals surface area contributed by atoms with Crippen molar-refractivity contribution in [2.75, 3.05) is 12.5 Å². The van der Waals surface area contributed by atoms with E-state index in [-0.39, 0.29) is 6.42 Å². The second-order valence-electron chi connectivity index (χ2n) is 3.20. The minimum absolute atomic E-state index is 0.151. The lowest BCUT2D eigenvalue weighted by atomic mass is 10.1. The number of halogens is 2. The third kappa shape index (κ3) is 4.57. The molecular weight excluding hydrogens is 342 g/mol. The van der Waals surface area contributed by atoms with Crippen LogP contribution in [0.3, 0.4) is 0 Å². The number of carboxylic acid groups (broad SMARTS) is 1. The lowest BCUT2D eigenvalue weighted by Gasteiger charge is -2.08. The number of benzene rings is 1. The first kappa shape index (κ1) is 13.6. The molecule has 0 bridgehead atoms. The Hall–Kier alpha value is -0.490. The summed E-state index contributed by atoms with van der Waals surface area (Å²) in [5.41, 5.74) is 1.00. The number of aliphatic carboxylic acids is 1. The smallest absolute Gasteiger partial charge is 0.303 e. The average Bonchev–Trinajstić information content (AvgIpc) is 2.25. The molecule has 0 amide bonds. The molecule has 1 aromatic carbocycles. The minimum Gasteiger partial charge on any atom is -0.491 e. The van der Waals surface area contributed by atoms with Gasteiger partial charge in [0.15, 0.2) is 0 Å². The summed E-state index contributed by atoms with van der Waals surface area (Å²) in [6, 6.07) is 5.67. The predicted molar refractivity (Wildman–Crippen MR) is 71.3 cm³/mol. The monoisotopic (exact) mass is 354 g/mol. The third-order valence-electron chi connectivity index (χ3n) is 1.96. The van der Waals surface area contributed by atoms with Crippen molar-refractivity contribution in [2.24, 2.45) is 0 Å². The van der Waals surface area contributed by atoms with Crippen LogP contribution in [-0.4, -0.2) is 23.6 Å². The van der Waals surface area contributed by atoms with Crippen molar-refractivity contribution in [2.45, 2.75) is 12.8 Å². The molecule has 3 nitrogen and oxygen atoms in total. The van der Waals surface area contributed by atoms with Gasteiger partial charge < -0.3 is 9.84 Å². The van der Waals surface area contributed by atoms with Crippen molar-refractivity contribution in [1.82, 2.24) is 0 Å². The first-order chi connectivity index (χ1) is 7.63. The minimum atomic E-state index is -0.780. The molecule has 0 saturated heterocycles. The van der Waals surface area contributed by atoms with Crippen LogP contribution in [-0.2, 0) is 11.2 Å². The summed E-state index contributed by atoms with van der Waals surface area (Å²) in [5.74, 6) is 0.467. The van der Waals surface area contributed by atoms with Crippen LogP contribution in [0.1, 0.15) is 12.0 Å². The summed E-state index contributed by atoms with van der Waals surface area (Å²) in [4.78, 5) is 10.4. The second-order valence-corrected chi connectivity index (χ2v) is 4.74. The van der Waals surface area contributed by atoms with E-state index in [0.717, 1.165) is 14.9 Å². The second kappa shape index (κ2) is 6.96. The lowest BCUT2D eigenvalue weighted by Crippen LogP contribution is -2.01. The van der Waals surface area contributed by atoms with E-state index in [4.69, 9.17) is 21.4 Å². The lowest BCUT2D eigenvalue weighted by molar-refractivity contribution is -0.136. The van der Waals surface area contributed by atoms with Gasteiger partial charge in [0.2, 0.25) is 0 Å². The van der Waals surface area contributed by atoms with Gasteiger partial charge >= 0.3 is 5.97 Å². The average molecular weight is 355 g/mol. The molecule has 0 spiro atoms. The highest BCUT2D eigenvalue weighted by atomic mass is 127. The first-order valence-electron chi connectivity index (χ1n) is 4.82. The van der Waals surface area contributed by atoms with Gasteiger partial charge in [-0.2, -0.15) is 0 Å². The molecule has 0 radical (unpaired) electrons. The van der Waals surface area contributed by atoms with E-state index in [1.807, 2.05) is 18.2 Å². The maximum Gasteiger partial charge on any atom is 0.303 e. The number of hydrogen-bond donors (Lipinski definition) is 1. The SMILES string of the molecule is O=C(O)CCc1ccc(OCCCl)c(I)c1. The Kier molecular flexibility index (Phi) is 5.90. The first-order valence-corrected chi connectivity index (χ1v) is 6.44. The number of aryl methyl sites for hydroxylation is 1. The van der Waals surface area contributed by atoms with E-state index < -0.39 is 5.97 Å². The van der Waals surface area contributed by atoms with Gasteiger partial charge in [-0.3, -0.25) is 4.79 Å². The molecule has 0 aliphatic carbocycles. The van der Waals surface area contributed by atoms with Crippen LogP contribution in [0.4, 0.5) is 0 Å². The van der Waals surface area contributed by atoms with E-state index in [1.165, 1.54) is 0 Å². The number of alkyl halides is 1. The van der Waals surface area contributed by atoms with Crippen LogP contribution in [0.15, 0.2) is 18.2 Å². The molecule has 0 atom stereocenters. The fraction of sp³-hybridized carbons (Fsp3) is 0.364. The Bertz CT molecular complexity index is 368. The molecule has 0 fully saturated rings. The van der Waals surface area contributed by atoms with Gasteiger partial charge in [0.25, 0.3) is 0 Å². The molecular formula is C11H12ClIO3. The summed E-state index contributed by atoms with van der Waals surface area (Å²) in [6.07, 6.45) is 0.694. The number of carboxylic acids is 1. The number of ether oxygens (including phenoxy) is 1. The van der Waals surface area contributed by atoms with Gasteiger partial charge in [-0.15, -0.1) is 11.6 Å². The molecule has 0 saturated carbocycles. The van der Waals surface area contributed by atoms with Crippen LogP contribution >= 0.6 is 34.2 Å². The quantitative estimate of drug-likeness (QED) is 0.631. The fourth-order valence-electron chi connectivity index (χ4n) is 1.22. The molecule has 1 N–H and O–H groups in total. The number of rotatable bonds is 6.